The van der Waals surface area contributed by atoms with Crippen LogP contribution < -0.4 is 5.32 Å². The van der Waals surface area contributed by atoms with Crippen molar-refractivity contribution < 1.29 is 9.59 Å². The lowest BCUT2D eigenvalue weighted by atomic mass is 9.91. The second-order valence-electron chi connectivity index (χ2n) is 6.24. The van der Waals surface area contributed by atoms with Crippen molar-refractivity contribution in [3.8, 4) is 0 Å². The highest BCUT2D eigenvalue weighted by molar-refractivity contribution is 6.29. The van der Waals surface area contributed by atoms with Crippen LogP contribution in [-0.4, -0.2) is 41.8 Å². The summed E-state index contributed by atoms with van der Waals surface area (Å²) in [5, 5.41) is 2.93. The summed E-state index contributed by atoms with van der Waals surface area (Å²) in [6.07, 6.45) is 0. The molecule has 1 unspecified atom stereocenters. The molecule has 1 N–H and O–H groups in total. The van der Waals surface area contributed by atoms with Gasteiger partial charge >= 0.3 is 0 Å². The number of likely N-dealkylation sites (N-methyl/N-ethyl adjacent to an activating group) is 1. The van der Waals surface area contributed by atoms with Crippen LogP contribution in [0.3, 0.4) is 0 Å². The Bertz CT molecular complexity index is 550. The first kappa shape index (κ1) is 17.4. The minimum Gasteiger partial charge on any atom is -0.347 e. The third kappa shape index (κ3) is 4.70. The fraction of sp³-hybridized carbons (Fsp3) is 0.533. The number of hydrogen-bond acceptors (Lipinski definition) is 3. The van der Waals surface area contributed by atoms with Crippen molar-refractivity contribution in [2.75, 3.05) is 14.1 Å². The van der Waals surface area contributed by atoms with Gasteiger partial charge in [0, 0.05) is 30.8 Å². The maximum atomic E-state index is 12.2. The number of halogens is 1. The Morgan fingerprint density at radius 3 is 2.33 bits per heavy atom. The zero-order valence-corrected chi connectivity index (χ0v) is 14.1. The van der Waals surface area contributed by atoms with E-state index in [1.54, 1.807) is 27.1 Å². The molecule has 1 rings (SSSR count). The van der Waals surface area contributed by atoms with Crippen molar-refractivity contribution in [2.24, 2.45) is 0 Å². The standard InChI is InChI=1S/C15H22ClN3O2/c1-9(14(21)19(5)6)17-13(20)10-7-11(15(2,3)4)18-12(16)8-10/h7-9H,1-6H3,(H,17,20). The lowest BCUT2D eigenvalue weighted by molar-refractivity contribution is -0.130. The molecule has 116 valence electrons. The maximum absolute atomic E-state index is 12.2. The van der Waals surface area contributed by atoms with Crippen molar-refractivity contribution in [2.45, 2.75) is 39.2 Å². The van der Waals surface area contributed by atoms with Gasteiger partial charge in [-0.15, -0.1) is 0 Å². The summed E-state index contributed by atoms with van der Waals surface area (Å²) < 4.78 is 0. The molecule has 2 amide bonds. The molecule has 6 heteroatoms. The fourth-order valence-corrected chi connectivity index (χ4v) is 1.95. The maximum Gasteiger partial charge on any atom is 0.252 e. The van der Waals surface area contributed by atoms with Crippen molar-refractivity contribution in [3.63, 3.8) is 0 Å². The third-order valence-electron chi connectivity index (χ3n) is 2.98. The number of pyridine rings is 1. The van der Waals surface area contributed by atoms with Crippen molar-refractivity contribution in [1.82, 2.24) is 15.2 Å². The lowest BCUT2D eigenvalue weighted by Crippen LogP contribution is -2.44. The first-order chi connectivity index (χ1) is 9.52. The molecule has 0 spiro atoms. The SMILES string of the molecule is CC(NC(=O)c1cc(Cl)nc(C(C)(C)C)c1)C(=O)N(C)C. The van der Waals surface area contributed by atoms with E-state index in [0.29, 0.717) is 5.56 Å². The molecule has 0 fully saturated rings. The van der Waals surface area contributed by atoms with Crippen LogP contribution in [0.15, 0.2) is 12.1 Å². The minimum atomic E-state index is -0.600. The Hall–Kier alpha value is -1.62. The monoisotopic (exact) mass is 311 g/mol. The predicted octanol–water partition coefficient (Wildman–Crippen LogP) is 2.24. The van der Waals surface area contributed by atoms with Crippen LogP contribution >= 0.6 is 11.6 Å². The van der Waals surface area contributed by atoms with Gasteiger partial charge in [-0.2, -0.15) is 0 Å². The number of nitrogens with zero attached hydrogens (tertiary/aromatic N) is 2. The van der Waals surface area contributed by atoms with E-state index in [1.165, 1.54) is 11.0 Å². The van der Waals surface area contributed by atoms with Crippen LogP contribution in [0.5, 0.6) is 0 Å². The summed E-state index contributed by atoms with van der Waals surface area (Å²) >= 11 is 5.98. The molecular weight excluding hydrogens is 290 g/mol. The van der Waals surface area contributed by atoms with E-state index < -0.39 is 6.04 Å². The zero-order valence-electron chi connectivity index (χ0n) is 13.3. The molecule has 1 heterocycles. The molecule has 0 bridgehead atoms. The van der Waals surface area contributed by atoms with Crippen LogP contribution in [0.2, 0.25) is 5.15 Å². The number of rotatable bonds is 3. The second-order valence-corrected chi connectivity index (χ2v) is 6.63. The quantitative estimate of drug-likeness (QED) is 0.871. The number of amides is 2. The van der Waals surface area contributed by atoms with E-state index in [4.69, 9.17) is 11.6 Å². The lowest BCUT2D eigenvalue weighted by Gasteiger charge is -2.20. The van der Waals surface area contributed by atoms with Gasteiger partial charge in [-0.3, -0.25) is 9.59 Å². The van der Waals surface area contributed by atoms with Gasteiger partial charge < -0.3 is 10.2 Å². The molecule has 0 aliphatic heterocycles. The molecule has 0 aliphatic carbocycles. The highest BCUT2D eigenvalue weighted by atomic mass is 35.5. The third-order valence-corrected chi connectivity index (χ3v) is 3.18. The molecular formula is C15H22ClN3O2. The first-order valence-electron chi connectivity index (χ1n) is 6.72. The van der Waals surface area contributed by atoms with Crippen LogP contribution in [-0.2, 0) is 10.2 Å². The summed E-state index contributed by atoms with van der Waals surface area (Å²) in [4.78, 5) is 29.7. The van der Waals surface area contributed by atoms with Crippen molar-refractivity contribution >= 4 is 23.4 Å². The van der Waals surface area contributed by atoms with E-state index in [0.717, 1.165) is 5.69 Å². The zero-order chi connectivity index (χ0) is 16.4. The summed E-state index contributed by atoms with van der Waals surface area (Å²) in [5.41, 5.74) is 0.912. The molecule has 0 saturated carbocycles. The number of nitrogens with one attached hydrogen (secondary N) is 1. The van der Waals surface area contributed by atoms with Crippen LogP contribution in [0, 0.1) is 0 Å². The normalized spacial score (nSPS) is 12.7. The average molecular weight is 312 g/mol. The van der Waals surface area contributed by atoms with E-state index >= 15 is 0 Å². The molecule has 1 aromatic rings. The van der Waals surface area contributed by atoms with Crippen molar-refractivity contribution in [1.29, 1.82) is 0 Å². The topological polar surface area (TPSA) is 62.3 Å². The first-order valence-corrected chi connectivity index (χ1v) is 7.10. The smallest absolute Gasteiger partial charge is 0.252 e. The molecule has 5 nitrogen and oxygen atoms in total. The molecule has 0 radical (unpaired) electrons. The van der Waals surface area contributed by atoms with Gasteiger partial charge in [0.2, 0.25) is 5.91 Å². The van der Waals surface area contributed by atoms with Gasteiger partial charge in [0.15, 0.2) is 0 Å². The Labute approximate surface area is 130 Å². The molecule has 1 atom stereocenters. The molecule has 0 aromatic carbocycles. The Morgan fingerprint density at radius 2 is 1.86 bits per heavy atom. The van der Waals surface area contributed by atoms with Crippen molar-refractivity contribution in [3.05, 3.63) is 28.5 Å². The van der Waals surface area contributed by atoms with Crippen LogP contribution in [0.4, 0.5) is 0 Å². The number of aromatic nitrogens is 1. The number of hydrogen-bond donors (Lipinski definition) is 1. The Morgan fingerprint density at radius 1 is 1.29 bits per heavy atom. The van der Waals surface area contributed by atoms with Gasteiger partial charge in [0.05, 0.1) is 0 Å². The molecule has 1 aromatic heterocycles. The van der Waals surface area contributed by atoms with E-state index in [9.17, 15) is 9.59 Å². The molecule has 0 saturated heterocycles. The van der Waals surface area contributed by atoms with Gasteiger partial charge in [-0.1, -0.05) is 32.4 Å². The highest BCUT2D eigenvalue weighted by Gasteiger charge is 2.21. The van der Waals surface area contributed by atoms with E-state index in [2.05, 4.69) is 10.3 Å². The van der Waals surface area contributed by atoms with Crippen LogP contribution in [0.1, 0.15) is 43.7 Å². The second kappa shape index (κ2) is 6.43. The van der Waals surface area contributed by atoms with Gasteiger partial charge in [-0.25, -0.2) is 4.98 Å². The number of carbonyl (C=O) groups excluding carboxylic acids is 2. The van der Waals surface area contributed by atoms with Gasteiger partial charge in [0.1, 0.15) is 11.2 Å². The molecule has 0 aliphatic rings. The summed E-state index contributed by atoms with van der Waals surface area (Å²) in [7, 11) is 3.29. The average Bonchev–Trinajstić information content (AvgIpc) is 2.35. The van der Waals surface area contributed by atoms with Crippen LogP contribution in [0.25, 0.3) is 0 Å². The molecule has 21 heavy (non-hydrogen) atoms. The minimum absolute atomic E-state index is 0.167. The van der Waals surface area contributed by atoms with E-state index in [1.807, 2.05) is 20.8 Å². The summed E-state index contributed by atoms with van der Waals surface area (Å²) in [5.74, 6) is -0.507. The van der Waals surface area contributed by atoms with E-state index in [-0.39, 0.29) is 22.4 Å². The largest absolute Gasteiger partial charge is 0.347 e. The Balaban J connectivity index is 2.98. The predicted molar refractivity (Wildman–Crippen MR) is 83.6 cm³/mol. The Kier molecular flexibility index (Phi) is 5.34. The van der Waals surface area contributed by atoms with Gasteiger partial charge in [0.25, 0.3) is 5.91 Å². The van der Waals surface area contributed by atoms with Gasteiger partial charge in [-0.05, 0) is 19.1 Å². The number of carbonyl (C=O) groups is 2. The fourth-order valence-electron chi connectivity index (χ4n) is 1.74. The highest BCUT2D eigenvalue weighted by Crippen LogP contribution is 2.23. The summed E-state index contributed by atoms with van der Waals surface area (Å²) in [6, 6.07) is 2.60. The summed E-state index contributed by atoms with van der Waals surface area (Å²) in [6.45, 7) is 7.62.